The van der Waals surface area contributed by atoms with Crippen molar-refractivity contribution < 1.29 is 4.79 Å². The fourth-order valence-electron chi connectivity index (χ4n) is 2.37. The molecule has 1 saturated heterocycles. The van der Waals surface area contributed by atoms with E-state index in [4.69, 9.17) is 0 Å². The van der Waals surface area contributed by atoms with Crippen molar-refractivity contribution >= 4 is 17.2 Å². The summed E-state index contributed by atoms with van der Waals surface area (Å²) in [4.78, 5) is 12.9. The van der Waals surface area contributed by atoms with Gasteiger partial charge in [0, 0.05) is 30.4 Å². The molecule has 0 bridgehead atoms. The second-order valence-electron chi connectivity index (χ2n) is 3.93. The van der Waals surface area contributed by atoms with Crippen molar-refractivity contribution in [3.63, 3.8) is 0 Å². The second-order valence-corrected chi connectivity index (χ2v) is 4.88. The van der Waals surface area contributed by atoms with Gasteiger partial charge in [-0.15, -0.1) is 11.3 Å². The lowest BCUT2D eigenvalue weighted by atomic mass is 9.94. The van der Waals surface area contributed by atoms with Crippen molar-refractivity contribution in [2.75, 3.05) is 19.6 Å². The molecule has 2 aliphatic rings. The van der Waals surface area contributed by atoms with Crippen LogP contribution in [0.15, 0.2) is 11.4 Å². The maximum atomic E-state index is 11.7. The fraction of sp³-hybridized carbons (Fsp3) is 0.500. The maximum Gasteiger partial charge on any atom is 0.252 e. The highest BCUT2D eigenvalue weighted by molar-refractivity contribution is 7.10. The molecule has 0 spiro atoms. The maximum absolute atomic E-state index is 11.7. The Bertz CT molecular complexity index is 374. The van der Waals surface area contributed by atoms with Crippen LogP contribution in [-0.4, -0.2) is 25.5 Å². The normalized spacial score (nSPS) is 30.4. The zero-order valence-electron chi connectivity index (χ0n) is 7.75. The Labute approximate surface area is 86.5 Å². The molecule has 1 fully saturated rings. The van der Waals surface area contributed by atoms with E-state index in [2.05, 4.69) is 10.6 Å². The van der Waals surface area contributed by atoms with Gasteiger partial charge in [0.2, 0.25) is 0 Å². The van der Waals surface area contributed by atoms with Crippen LogP contribution in [0.4, 0.5) is 0 Å². The summed E-state index contributed by atoms with van der Waals surface area (Å²) in [6.45, 7) is 2.87. The largest absolute Gasteiger partial charge is 0.352 e. The van der Waals surface area contributed by atoms with Crippen LogP contribution < -0.4 is 10.6 Å². The van der Waals surface area contributed by atoms with Crippen molar-refractivity contribution in [2.24, 2.45) is 5.92 Å². The Hall–Kier alpha value is -0.870. The molecule has 14 heavy (non-hydrogen) atoms. The average molecular weight is 208 g/mol. The van der Waals surface area contributed by atoms with Gasteiger partial charge in [0.15, 0.2) is 0 Å². The first-order chi connectivity index (χ1) is 6.86. The van der Waals surface area contributed by atoms with Crippen molar-refractivity contribution in [1.29, 1.82) is 0 Å². The molecule has 3 nitrogen and oxygen atoms in total. The van der Waals surface area contributed by atoms with Gasteiger partial charge in [-0.2, -0.15) is 0 Å². The Morgan fingerprint density at radius 2 is 2.29 bits per heavy atom. The molecule has 4 heteroatoms. The standard InChI is InChI=1S/C10H12N2OS/c13-10-7-1-2-14-9(7)8-5-11-3-6(8)4-12-10/h1-2,6,8,11H,3-5H2,(H,12,13)/t6-,8+/m0/s1. The quantitative estimate of drug-likeness (QED) is 0.662. The van der Waals surface area contributed by atoms with Crippen LogP contribution in [0.25, 0.3) is 0 Å². The number of hydrogen-bond donors (Lipinski definition) is 2. The lowest BCUT2D eigenvalue weighted by Crippen LogP contribution is -2.28. The number of rotatable bonds is 0. The van der Waals surface area contributed by atoms with Gasteiger partial charge in [-0.1, -0.05) is 0 Å². The molecule has 0 unspecified atom stereocenters. The van der Waals surface area contributed by atoms with Crippen molar-refractivity contribution in [1.82, 2.24) is 10.6 Å². The van der Waals surface area contributed by atoms with E-state index in [0.29, 0.717) is 11.8 Å². The Morgan fingerprint density at radius 1 is 1.36 bits per heavy atom. The summed E-state index contributed by atoms with van der Waals surface area (Å²) >= 11 is 1.72. The predicted octanol–water partition coefficient (Wildman–Crippen LogP) is 0.794. The monoisotopic (exact) mass is 208 g/mol. The number of thiophene rings is 1. The highest BCUT2D eigenvalue weighted by atomic mass is 32.1. The molecule has 74 valence electrons. The van der Waals surface area contributed by atoms with Gasteiger partial charge < -0.3 is 10.6 Å². The lowest BCUT2D eigenvalue weighted by molar-refractivity contribution is 0.0952. The third-order valence-electron chi connectivity index (χ3n) is 3.14. The van der Waals surface area contributed by atoms with Gasteiger partial charge in [0.1, 0.15) is 0 Å². The molecular formula is C10H12N2OS. The van der Waals surface area contributed by atoms with Crippen LogP contribution in [0.1, 0.15) is 21.2 Å². The van der Waals surface area contributed by atoms with Crippen molar-refractivity contribution in [2.45, 2.75) is 5.92 Å². The minimum atomic E-state index is 0.107. The number of hydrogen-bond acceptors (Lipinski definition) is 3. The van der Waals surface area contributed by atoms with Crippen LogP contribution in [0.5, 0.6) is 0 Å². The van der Waals surface area contributed by atoms with Gasteiger partial charge in [-0.25, -0.2) is 0 Å². The van der Waals surface area contributed by atoms with Gasteiger partial charge in [-0.3, -0.25) is 4.79 Å². The Morgan fingerprint density at radius 3 is 3.21 bits per heavy atom. The summed E-state index contributed by atoms with van der Waals surface area (Å²) < 4.78 is 0. The van der Waals surface area contributed by atoms with Crippen LogP contribution in [0.3, 0.4) is 0 Å². The number of fused-ring (bicyclic) bond motifs is 3. The van der Waals surface area contributed by atoms with E-state index in [1.165, 1.54) is 4.88 Å². The number of amides is 1. The molecule has 0 aromatic carbocycles. The number of nitrogens with one attached hydrogen (secondary N) is 2. The van der Waals surface area contributed by atoms with Gasteiger partial charge >= 0.3 is 0 Å². The summed E-state index contributed by atoms with van der Waals surface area (Å²) in [5.41, 5.74) is 0.895. The van der Waals surface area contributed by atoms with Gasteiger partial charge in [0.25, 0.3) is 5.91 Å². The van der Waals surface area contributed by atoms with E-state index in [0.717, 1.165) is 25.2 Å². The summed E-state index contributed by atoms with van der Waals surface area (Å²) in [7, 11) is 0. The molecule has 1 aromatic rings. The molecule has 1 aromatic heterocycles. The van der Waals surface area contributed by atoms with E-state index < -0.39 is 0 Å². The zero-order valence-corrected chi connectivity index (χ0v) is 8.56. The third kappa shape index (κ3) is 1.11. The topological polar surface area (TPSA) is 41.1 Å². The molecule has 3 heterocycles. The minimum absolute atomic E-state index is 0.107. The molecule has 0 radical (unpaired) electrons. The molecule has 2 aliphatic heterocycles. The Balaban J connectivity index is 2.08. The van der Waals surface area contributed by atoms with E-state index in [9.17, 15) is 4.79 Å². The summed E-state index contributed by atoms with van der Waals surface area (Å²) in [6.07, 6.45) is 0. The number of carbonyl (C=O) groups excluding carboxylic acids is 1. The number of carbonyl (C=O) groups is 1. The highest BCUT2D eigenvalue weighted by Gasteiger charge is 2.34. The van der Waals surface area contributed by atoms with Crippen molar-refractivity contribution in [3.8, 4) is 0 Å². The molecule has 1 amide bonds. The van der Waals surface area contributed by atoms with Crippen LogP contribution >= 0.6 is 11.3 Å². The van der Waals surface area contributed by atoms with Crippen LogP contribution in [0.2, 0.25) is 0 Å². The molecule has 3 rings (SSSR count). The van der Waals surface area contributed by atoms with E-state index in [-0.39, 0.29) is 5.91 Å². The third-order valence-corrected chi connectivity index (χ3v) is 4.19. The summed E-state index contributed by atoms with van der Waals surface area (Å²) in [5, 5.41) is 8.40. The van der Waals surface area contributed by atoms with E-state index in [1.807, 2.05) is 11.4 Å². The zero-order chi connectivity index (χ0) is 9.54. The highest BCUT2D eigenvalue weighted by Crippen LogP contribution is 2.35. The Kier molecular flexibility index (Phi) is 1.85. The van der Waals surface area contributed by atoms with Crippen molar-refractivity contribution in [3.05, 3.63) is 21.9 Å². The first kappa shape index (κ1) is 8.44. The van der Waals surface area contributed by atoms with Gasteiger partial charge in [-0.05, 0) is 17.4 Å². The molecular weight excluding hydrogens is 196 g/mol. The van der Waals surface area contributed by atoms with E-state index in [1.54, 1.807) is 11.3 Å². The van der Waals surface area contributed by atoms with Crippen LogP contribution in [0, 0.1) is 5.92 Å². The average Bonchev–Trinajstić information content (AvgIpc) is 2.80. The first-order valence-electron chi connectivity index (χ1n) is 4.92. The minimum Gasteiger partial charge on any atom is -0.352 e. The smallest absolute Gasteiger partial charge is 0.252 e. The van der Waals surface area contributed by atoms with Crippen LogP contribution in [-0.2, 0) is 0 Å². The summed E-state index contributed by atoms with van der Waals surface area (Å²) in [6, 6.07) is 1.94. The second kappa shape index (κ2) is 3.07. The van der Waals surface area contributed by atoms with E-state index >= 15 is 0 Å². The van der Waals surface area contributed by atoms with Gasteiger partial charge in [0.05, 0.1) is 5.56 Å². The molecule has 2 atom stereocenters. The molecule has 2 N–H and O–H groups in total. The molecule has 0 saturated carbocycles. The first-order valence-corrected chi connectivity index (χ1v) is 5.80. The lowest BCUT2D eigenvalue weighted by Gasteiger charge is -2.13. The predicted molar refractivity (Wildman–Crippen MR) is 55.8 cm³/mol. The summed E-state index contributed by atoms with van der Waals surface area (Å²) in [5.74, 6) is 1.23. The SMILES string of the molecule is O=C1NC[C@@H]2CNC[C@H]2c2sccc21. The fourth-order valence-corrected chi connectivity index (χ4v) is 3.46. The molecule has 0 aliphatic carbocycles.